The van der Waals surface area contributed by atoms with E-state index in [0.29, 0.717) is 48.6 Å². The Kier molecular flexibility index (Phi) is 7.78. The SMILES string of the molecule is CC(Nc1nc(N2CCOCC2)cc(-n2c(C(F)F)nc3ccccc32)n1)C(=O)N1CCC2(CCN(C)CC2)CC1. The van der Waals surface area contributed by atoms with E-state index in [-0.39, 0.29) is 23.5 Å². The molecule has 5 heterocycles. The third kappa shape index (κ3) is 5.72. The van der Waals surface area contributed by atoms with Gasteiger partial charge in [-0.25, -0.2) is 13.8 Å². The quantitative estimate of drug-likeness (QED) is 0.481. The average Bonchev–Trinajstić information content (AvgIpc) is 3.39. The molecule has 3 aliphatic heterocycles. The Morgan fingerprint density at radius 3 is 2.32 bits per heavy atom. The van der Waals surface area contributed by atoms with Gasteiger partial charge in [-0.15, -0.1) is 0 Å². The van der Waals surface area contributed by atoms with Crippen molar-refractivity contribution in [1.29, 1.82) is 0 Å². The van der Waals surface area contributed by atoms with Crippen LogP contribution in [0.3, 0.4) is 0 Å². The van der Waals surface area contributed by atoms with Crippen LogP contribution in [0.1, 0.15) is 44.9 Å². The molecule has 1 aromatic carbocycles. The highest BCUT2D eigenvalue weighted by Crippen LogP contribution is 2.41. The molecule has 3 fully saturated rings. The van der Waals surface area contributed by atoms with Crippen LogP contribution in [0.4, 0.5) is 20.5 Å². The number of aromatic nitrogens is 4. The number of halogens is 2. The first-order valence-electron chi connectivity index (χ1n) is 14.5. The van der Waals surface area contributed by atoms with Gasteiger partial charge >= 0.3 is 0 Å². The number of carbonyl (C=O) groups excluding carboxylic acids is 1. The number of imidazole rings is 1. The molecule has 0 aliphatic carbocycles. The van der Waals surface area contributed by atoms with Gasteiger partial charge in [0.05, 0.1) is 24.2 Å². The van der Waals surface area contributed by atoms with Crippen LogP contribution < -0.4 is 10.2 Å². The summed E-state index contributed by atoms with van der Waals surface area (Å²) < 4.78 is 35.2. The number of benzene rings is 1. The minimum Gasteiger partial charge on any atom is -0.378 e. The highest BCUT2D eigenvalue weighted by atomic mass is 19.3. The van der Waals surface area contributed by atoms with Crippen LogP contribution in [0.5, 0.6) is 0 Å². The van der Waals surface area contributed by atoms with Crippen LogP contribution in [-0.2, 0) is 9.53 Å². The zero-order valence-electron chi connectivity index (χ0n) is 23.7. The molecule has 0 bridgehead atoms. The second kappa shape index (κ2) is 11.5. The Balaban J connectivity index is 1.26. The molecule has 220 valence electrons. The topological polar surface area (TPSA) is 91.6 Å². The van der Waals surface area contributed by atoms with Crippen LogP contribution >= 0.6 is 0 Å². The lowest BCUT2D eigenvalue weighted by atomic mass is 9.71. The lowest BCUT2D eigenvalue weighted by Gasteiger charge is -2.46. The van der Waals surface area contributed by atoms with Gasteiger partial charge in [0.25, 0.3) is 6.43 Å². The van der Waals surface area contributed by atoms with Crippen LogP contribution in [0.2, 0.25) is 0 Å². The summed E-state index contributed by atoms with van der Waals surface area (Å²) in [6.07, 6.45) is 1.63. The number of hydrogen-bond donors (Lipinski definition) is 1. The van der Waals surface area contributed by atoms with E-state index in [4.69, 9.17) is 9.72 Å². The Labute approximate surface area is 238 Å². The number of rotatable bonds is 6. The zero-order chi connectivity index (χ0) is 28.6. The highest BCUT2D eigenvalue weighted by molar-refractivity contribution is 5.84. The Hall–Kier alpha value is -3.38. The van der Waals surface area contributed by atoms with E-state index in [9.17, 15) is 13.6 Å². The van der Waals surface area contributed by atoms with Crippen molar-refractivity contribution >= 4 is 28.7 Å². The zero-order valence-corrected chi connectivity index (χ0v) is 23.7. The summed E-state index contributed by atoms with van der Waals surface area (Å²) in [5.41, 5.74) is 1.33. The molecule has 12 heteroatoms. The summed E-state index contributed by atoms with van der Waals surface area (Å²) in [6.45, 7) is 7.84. The molecule has 1 atom stereocenters. The number of nitrogens with zero attached hydrogens (tertiary/aromatic N) is 7. The van der Waals surface area contributed by atoms with Gasteiger partial charge in [-0.2, -0.15) is 9.97 Å². The van der Waals surface area contributed by atoms with E-state index in [0.717, 1.165) is 39.0 Å². The Morgan fingerprint density at radius 1 is 0.951 bits per heavy atom. The number of nitrogens with one attached hydrogen (secondary N) is 1. The number of para-hydroxylation sites is 2. The molecule has 0 saturated carbocycles. The van der Waals surface area contributed by atoms with Gasteiger partial charge in [-0.1, -0.05) is 12.1 Å². The van der Waals surface area contributed by atoms with Crippen molar-refractivity contribution in [3.05, 3.63) is 36.2 Å². The smallest absolute Gasteiger partial charge is 0.296 e. The summed E-state index contributed by atoms with van der Waals surface area (Å²) in [6, 6.07) is 8.13. The summed E-state index contributed by atoms with van der Waals surface area (Å²) in [4.78, 5) is 33.4. The number of carbonyl (C=O) groups is 1. The van der Waals surface area contributed by atoms with Crippen molar-refractivity contribution in [2.75, 3.05) is 69.7 Å². The molecule has 1 spiro atoms. The first kappa shape index (κ1) is 27.8. The van der Waals surface area contributed by atoms with Gasteiger partial charge in [-0.05, 0) is 70.3 Å². The molecule has 10 nitrogen and oxygen atoms in total. The third-order valence-electron chi connectivity index (χ3n) is 8.94. The van der Waals surface area contributed by atoms with E-state index in [2.05, 4.69) is 27.2 Å². The van der Waals surface area contributed by atoms with Crippen molar-refractivity contribution in [2.45, 2.75) is 45.1 Å². The van der Waals surface area contributed by atoms with Crippen LogP contribution in [0, 0.1) is 5.41 Å². The van der Waals surface area contributed by atoms with E-state index in [1.54, 1.807) is 30.3 Å². The molecule has 1 unspecified atom stereocenters. The standard InChI is InChI=1S/C29H38F2N8O2/c1-20(27(40)38-13-9-29(10-14-38)7-11-36(2)12-8-29)32-28-34-23(37-15-17-41-18-16-37)19-24(35-28)39-22-6-4-3-5-21(22)33-26(39)25(30)31/h3-6,19-20,25H,7-18H2,1-2H3,(H,32,34,35). The third-order valence-corrected chi connectivity index (χ3v) is 8.94. The number of piperidine rings is 2. The predicted octanol–water partition coefficient (Wildman–Crippen LogP) is 3.72. The van der Waals surface area contributed by atoms with Crippen LogP contribution in [0.25, 0.3) is 16.9 Å². The Morgan fingerprint density at radius 2 is 1.61 bits per heavy atom. The summed E-state index contributed by atoms with van der Waals surface area (Å²) in [5, 5.41) is 3.20. The van der Waals surface area contributed by atoms with Crippen molar-refractivity contribution < 1.29 is 18.3 Å². The van der Waals surface area contributed by atoms with Crippen molar-refractivity contribution in [3.63, 3.8) is 0 Å². The van der Waals surface area contributed by atoms with Crippen molar-refractivity contribution in [1.82, 2.24) is 29.3 Å². The predicted molar refractivity (Wildman–Crippen MR) is 153 cm³/mol. The second-order valence-corrected chi connectivity index (χ2v) is 11.6. The largest absolute Gasteiger partial charge is 0.378 e. The molecule has 6 rings (SSSR count). The number of alkyl halides is 2. The lowest BCUT2D eigenvalue weighted by Crippen LogP contribution is -2.50. The normalized spacial score (nSPS) is 20.6. The molecule has 3 aliphatic rings. The number of morpholine rings is 1. The average molecular weight is 569 g/mol. The fraction of sp³-hybridized carbons (Fsp3) is 0.586. The molecule has 41 heavy (non-hydrogen) atoms. The van der Waals surface area contributed by atoms with E-state index in [1.807, 2.05) is 16.7 Å². The van der Waals surface area contributed by atoms with Crippen molar-refractivity contribution in [2.24, 2.45) is 5.41 Å². The van der Waals surface area contributed by atoms with Gasteiger partial charge in [0.2, 0.25) is 11.9 Å². The number of hydrogen-bond acceptors (Lipinski definition) is 8. The molecule has 0 radical (unpaired) electrons. The van der Waals surface area contributed by atoms with Gasteiger partial charge in [0.15, 0.2) is 5.82 Å². The fourth-order valence-corrected chi connectivity index (χ4v) is 6.31. The number of amides is 1. The number of anilines is 2. The number of ether oxygens (including phenoxy) is 1. The van der Waals surface area contributed by atoms with E-state index in [1.165, 1.54) is 17.4 Å². The lowest BCUT2D eigenvalue weighted by molar-refractivity contribution is -0.134. The molecule has 1 amide bonds. The number of likely N-dealkylation sites (tertiary alicyclic amines) is 2. The maximum Gasteiger partial charge on any atom is 0.296 e. The number of fused-ring (bicyclic) bond motifs is 1. The maximum absolute atomic E-state index is 14.2. The van der Waals surface area contributed by atoms with Crippen LogP contribution in [-0.4, -0.2) is 101 Å². The van der Waals surface area contributed by atoms with Crippen molar-refractivity contribution in [3.8, 4) is 5.82 Å². The van der Waals surface area contributed by atoms with E-state index < -0.39 is 12.5 Å². The van der Waals surface area contributed by atoms with Gasteiger partial charge < -0.3 is 24.8 Å². The molecule has 2 aromatic heterocycles. The minimum absolute atomic E-state index is 0.00365. The van der Waals surface area contributed by atoms with Gasteiger partial charge in [0, 0.05) is 32.2 Å². The van der Waals surface area contributed by atoms with Gasteiger partial charge in [0.1, 0.15) is 17.7 Å². The minimum atomic E-state index is -2.80. The molecule has 3 saturated heterocycles. The molecule has 3 aromatic rings. The molecular formula is C29H38F2N8O2. The summed E-state index contributed by atoms with van der Waals surface area (Å²) in [5.74, 6) is 0.683. The Bertz CT molecular complexity index is 1370. The maximum atomic E-state index is 14.2. The van der Waals surface area contributed by atoms with E-state index >= 15 is 0 Å². The summed E-state index contributed by atoms with van der Waals surface area (Å²) >= 11 is 0. The first-order chi connectivity index (χ1) is 19.8. The summed E-state index contributed by atoms with van der Waals surface area (Å²) in [7, 11) is 2.17. The first-order valence-corrected chi connectivity index (χ1v) is 14.5. The monoisotopic (exact) mass is 568 g/mol. The highest BCUT2D eigenvalue weighted by Gasteiger charge is 2.38. The second-order valence-electron chi connectivity index (χ2n) is 11.6. The molecular weight excluding hydrogens is 530 g/mol. The van der Waals surface area contributed by atoms with Crippen LogP contribution in [0.15, 0.2) is 30.3 Å². The molecule has 1 N–H and O–H groups in total. The fourth-order valence-electron chi connectivity index (χ4n) is 6.31. The van der Waals surface area contributed by atoms with Gasteiger partial charge in [-0.3, -0.25) is 9.36 Å².